The lowest BCUT2D eigenvalue weighted by Crippen LogP contribution is -2.19. The van der Waals surface area contributed by atoms with Crippen molar-refractivity contribution in [1.29, 1.82) is 0 Å². The van der Waals surface area contributed by atoms with Crippen LogP contribution in [0, 0.1) is 5.82 Å². The topological polar surface area (TPSA) is 12.0 Å². The Labute approximate surface area is 136 Å². The van der Waals surface area contributed by atoms with Gasteiger partial charge in [-0.1, -0.05) is 45.2 Å². The summed E-state index contributed by atoms with van der Waals surface area (Å²) in [4.78, 5) is 0. The van der Waals surface area contributed by atoms with Gasteiger partial charge in [0, 0.05) is 15.5 Å². The molecule has 0 amide bonds. The van der Waals surface area contributed by atoms with Crippen LogP contribution in [0.4, 0.5) is 4.39 Å². The first kappa shape index (κ1) is 15.8. The Kier molecular flexibility index (Phi) is 5.44. The summed E-state index contributed by atoms with van der Waals surface area (Å²) in [7, 11) is 1.86. The summed E-state index contributed by atoms with van der Waals surface area (Å²) < 4.78 is 14.5. The van der Waals surface area contributed by atoms with E-state index in [9.17, 15) is 4.39 Å². The van der Waals surface area contributed by atoms with Crippen LogP contribution in [-0.4, -0.2) is 7.05 Å². The predicted octanol–water partition coefficient (Wildman–Crippen LogP) is 5.40. The lowest BCUT2D eigenvalue weighted by Gasteiger charge is -2.18. The Hall–Kier alpha value is -0.610. The van der Waals surface area contributed by atoms with Crippen LogP contribution >= 0.6 is 39.1 Å². The van der Waals surface area contributed by atoms with E-state index in [-0.39, 0.29) is 11.1 Å². The SMILES string of the molecule is CNC(Cc1ccc(Cl)c(F)c1)c1cc(Br)ccc1Cl. The second-order valence-corrected chi connectivity index (χ2v) is 6.19. The Bertz CT molecular complexity index is 619. The van der Waals surface area contributed by atoms with Gasteiger partial charge >= 0.3 is 0 Å². The van der Waals surface area contributed by atoms with Gasteiger partial charge in [-0.25, -0.2) is 4.39 Å². The van der Waals surface area contributed by atoms with E-state index in [4.69, 9.17) is 23.2 Å². The molecule has 0 saturated carbocycles. The molecule has 2 aromatic carbocycles. The number of nitrogens with one attached hydrogen (secondary N) is 1. The molecular formula is C15H13BrCl2FN. The number of benzene rings is 2. The molecule has 0 spiro atoms. The van der Waals surface area contributed by atoms with E-state index in [1.165, 1.54) is 6.07 Å². The molecule has 20 heavy (non-hydrogen) atoms. The largest absolute Gasteiger partial charge is 0.313 e. The van der Waals surface area contributed by atoms with Crippen LogP contribution in [0.25, 0.3) is 0 Å². The van der Waals surface area contributed by atoms with Gasteiger partial charge in [-0.2, -0.15) is 0 Å². The highest BCUT2D eigenvalue weighted by atomic mass is 79.9. The lowest BCUT2D eigenvalue weighted by atomic mass is 9.99. The molecule has 2 rings (SSSR count). The number of hydrogen-bond donors (Lipinski definition) is 1. The lowest BCUT2D eigenvalue weighted by molar-refractivity contribution is 0.584. The quantitative estimate of drug-likeness (QED) is 0.753. The molecular weight excluding hydrogens is 364 g/mol. The normalized spacial score (nSPS) is 12.4. The summed E-state index contributed by atoms with van der Waals surface area (Å²) in [5.74, 6) is -0.403. The van der Waals surface area contributed by atoms with Crippen molar-refractivity contribution in [2.75, 3.05) is 7.05 Å². The summed E-state index contributed by atoms with van der Waals surface area (Å²) >= 11 is 15.4. The number of likely N-dealkylation sites (N-methyl/N-ethyl adjacent to an activating group) is 1. The van der Waals surface area contributed by atoms with E-state index in [0.717, 1.165) is 15.6 Å². The Morgan fingerprint density at radius 2 is 1.85 bits per heavy atom. The molecule has 0 saturated heterocycles. The molecule has 1 unspecified atom stereocenters. The van der Waals surface area contributed by atoms with Crippen molar-refractivity contribution in [3.05, 3.63) is 67.9 Å². The van der Waals surface area contributed by atoms with Crippen molar-refractivity contribution >= 4 is 39.1 Å². The zero-order valence-corrected chi connectivity index (χ0v) is 13.9. The molecule has 0 aromatic heterocycles. The maximum absolute atomic E-state index is 13.5. The molecule has 2 aromatic rings. The molecule has 1 atom stereocenters. The van der Waals surface area contributed by atoms with Gasteiger partial charge < -0.3 is 5.32 Å². The fraction of sp³-hybridized carbons (Fsp3) is 0.200. The van der Waals surface area contributed by atoms with E-state index in [2.05, 4.69) is 21.2 Å². The van der Waals surface area contributed by atoms with Crippen molar-refractivity contribution in [2.45, 2.75) is 12.5 Å². The third-order valence-electron chi connectivity index (χ3n) is 3.11. The number of halogens is 4. The fourth-order valence-corrected chi connectivity index (χ4v) is 2.80. The first-order valence-electron chi connectivity index (χ1n) is 6.07. The van der Waals surface area contributed by atoms with E-state index >= 15 is 0 Å². The molecule has 1 nitrogen and oxygen atoms in total. The van der Waals surface area contributed by atoms with E-state index in [0.29, 0.717) is 11.4 Å². The van der Waals surface area contributed by atoms with Crippen molar-refractivity contribution < 1.29 is 4.39 Å². The van der Waals surface area contributed by atoms with Gasteiger partial charge in [0.15, 0.2) is 0 Å². The minimum atomic E-state index is -0.403. The van der Waals surface area contributed by atoms with Crippen LogP contribution in [0.3, 0.4) is 0 Å². The fourth-order valence-electron chi connectivity index (χ4n) is 2.05. The van der Waals surface area contributed by atoms with Crippen LogP contribution < -0.4 is 5.32 Å². The summed E-state index contributed by atoms with van der Waals surface area (Å²) in [5, 5.41) is 4.03. The summed E-state index contributed by atoms with van der Waals surface area (Å²) in [6.45, 7) is 0. The molecule has 5 heteroatoms. The van der Waals surface area contributed by atoms with Crippen LogP contribution in [0.2, 0.25) is 10.0 Å². The Balaban J connectivity index is 2.28. The van der Waals surface area contributed by atoms with Gasteiger partial charge in [-0.05, 0) is 54.9 Å². The van der Waals surface area contributed by atoms with Crippen LogP contribution in [0.1, 0.15) is 17.2 Å². The van der Waals surface area contributed by atoms with Crippen molar-refractivity contribution in [3.8, 4) is 0 Å². The Morgan fingerprint density at radius 1 is 1.15 bits per heavy atom. The molecule has 0 heterocycles. The maximum Gasteiger partial charge on any atom is 0.142 e. The van der Waals surface area contributed by atoms with E-state index < -0.39 is 5.82 Å². The standard InChI is InChI=1S/C15H13BrCl2FN/c1-20-15(11-8-10(16)3-5-12(11)17)7-9-2-4-13(18)14(19)6-9/h2-6,8,15,20H,7H2,1H3. The number of hydrogen-bond acceptors (Lipinski definition) is 1. The Morgan fingerprint density at radius 3 is 2.50 bits per heavy atom. The zero-order chi connectivity index (χ0) is 14.7. The highest BCUT2D eigenvalue weighted by Gasteiger charge is 2.15. The van der Waals surface area contributed by atoms with Gasteiger partial charge in [0.25, 0.3) is 0 Å². The molecule has 0 aliphatic rings. The molecule has 0 bridgehead atoms. The van der Waals surface area contributed by atoms with Crippen LogP contribution in [-0.2, 0) is 6.42 Å². The highest BCUT2D eigenvalue weighted by molar-refractivity contribution is 9.10. The highest BCUT2D eigenvalue weighted by Crippen LogP contribution is 2.29. The van der Waals surface area contributed by atoms with Gasteiger partial charge in [0.2, 0.25) is 0 Å². The third kappa shape index (κ3) is 3.73. The minimum absolute atomic E-state index is 0.000533. The monoisotopic (exact) mass is 375 g/mol. The van der Waals surface area contributed by atoms with Crippen molar-refractivity contribution in [1.82, 2.24) is 5.32 Å². The first-order chi connectivity index (χ1) is 9.51. The molecule has 0 aliphatic heterocycles. The second-order valence-electron chi connectivity index (χ2n) is 4.46. The smallest absolute Gasteiger partial charge is 0.142 e. The average Bonchev–Trinajstić information content (AvgIpc) is 2.43. The van der Waals surface area contributed by atoms with E-state index in [1.54, 1.807) is 6.07 Å². The van der Waals surface area contributed by atoms with E-state index in [1.807, 2.05) is 31.3 Å². The van der Waals surface area contributed by atoms with Crippen LogP contribution in [0.15, 0.2) is 40.9 Å². The first-order valence-corrected chi connectivity index (χ1v) is 7.62. The second kappa shape index (κ2) is 6.90. The summed E-state index contributed by atoms with van der Waals surface area (Å²) in [5.41, 5.74) is 1.83. The maximum atomic E-state index is 13.5. The number of rotatable bonds is 4. The van der Waals surface area contributed by atoms with Gasteiger partial charge in [0.05, 0.1) is 5.02 Å². The van der Waals surface area contributed by atoms with Gasteiger partial charge in [0.1, 0.15) is 5.82 Å². The molecule has 1 N–H and O–H groups in total. The van der Waals surface area contributed by atoms with Gasteiger partial charge in [-0.15, -0.1) is 0 Å². The summed E-state index contributed by atoms with van der Waals surface area (Å²) in [6, 6.07) is 10.5. The van der Waals surface area contributed by atoms with Crippen molar-refractivity contribution in [3.63, 3.8) is 0 Å². The summed E-state index contributed by atoms with van der Waals surface area (Å²) in [6.07, 6.45) is 0.626. The average molecular weight is 377 g/mol. The third-order valence-corrected chi connectivity index (χ3v) is 4.25. The van der Waals surface area contributed by atoms with Crippen molar-refractivity contribution in [2.24, 2.45) is 0 Å². The molecule has 0 radical (unpaired) electrons. The predicted molar refractivity (Wildman–Crippen MR) is 86.1 cm³/mol. The molecule has 0 fully saturated rings. The zero-order valence-electron chi connectivity index (χ0n) is 10.8. The molecule has 106 valence electrons. The molecule has 0 aliphatic carbocycles. The van der Waals surface area contributed by atoms with Crippen LogP contribution in [0.5, 0.6) is 0 Å². The van der Waals surface area contributed by atoms with Gasteiger partial charge in [-0.3, -0.25) is 0 Å². The minimum Gasteiger partial charge on any atom is -0.313 e.